The molecule has 82 valence electrons. The van der Waals surface area contributed by atoms with E-state index in [1.165, 1.54) is 0 Å². The Kier molecular flexibility index (Phi) is 4.63. The summed E-state index contributed by atoms with van der Waals surface area (Å²) < 4.78 is 0. The number of hydrogen-bond acceptors (Lipinski definition) is 1. The lowest BCUT2D eigenvalue weighted by Gasteiger charge is -2.11. The van der Waals surface area contributed by atoms with E-state index in [4.69, 9.17) is 11.6 Å². The molecule has 0 spiro atoms. The number of rotatable bonds is 4. The van der Waals surface area contributed by atoms with Gasteiger partial charge >= 0.3 is 0 Å². The summed E-state index contributed by atoms with van der Waals surface area (Å²) in [5.74, 6) is 0.0659. The normalized spacial score (nSPS) is 12.2. The third-order valence-electron chi connectivity index (χ3n) is 2.30. The van der Waals surface area contributed by atoms with Crippen LogP contribution in [-0.4, -0.2) is 5.91 Å². The molecule has 1 aromatic carbocycles. The summed E-state index contributed by atoms with van der Waals surface area (Å²) in [6.07, 6.45) is 1.91. The Morgan fingerprint density at radius 1 is 1.47 bits per heavy atom. The number of benzene rings is 1. The molecule has 0 aliphatic heterocycles. The van der Waals surface area contributed by atoms with E-state index >= 15 is 0 Å². The van der Waals surface area contributed by atoms with Crippen LogP contribution in [0.2, 0.25) is 5.02 Å². The van der Waals surface area contributed by atoms with Gasteiger partial charge < -0.3 is 5.32 Å². The number of para-hydroxylation sites is 1. The zero-order valence-corrected chi connectivity index (χ0v) is 9.84. The molecule has 0 aliphatic rings. The largest absolute Gasteiger partial charge is 0.325 e. The summed E-state index contributed by atoms with van der Waals surface area (Å²) in [6.45, 7) is 3.99. The molecule has 1 N–H and O–H groups in total. The van der Waals surface area contributed by atoms with Crippen molar-refractivity contribution in [3.05, 3.63) is 29.3 Å². The molecule has 1 amide bonds. The maximum atomic E-state index is 11.7. The Bertz CT molecular complexity index is 338. The van der Waals surface area contributed by atoms with Gasteiger partial charge in [0, 0.05) is 5.92 Å². The van der Waals surface area contributed by atoms with Crippen molar-refractivity contribution in [2.75, 3.05) is 5.32 Å². The molecule has 0 fully saturated rings. The first kappa shape index (κ1) is 12.1. The predicted molar refractivity (Wildman–Crippen MR) is 64.2 cm³/mol. The van der Waals surface area contributed by atoms with Crippen LogP contribution in [0.25, 0.3) is 0 Å². The highest BCUT2D eigenvalue weighted by Crippen LogP contribution is 2.21. The minimum atomic E-state index is 0.0324. The van der Waals surface area contributed by atoms with Crippen molar-refractivity contribution in [3.8, 4) is 0 Å². The molecule has 1 aromatic rings. The van der Waals surface area contributed by atoms with Gasteiger partial charge in [0.05, 0.1) is 10.7 Å². The van der Waals surface area contributed by atoms with Crippen molar-refractivity contribution in [2.24, 2.45) is 5.92 Å². The lowest BCUT2D eigenvalue weighted by atomic mass is 10.1. The summed E-state index contributed by atoms with van der Waals surface area (Å²) in [5.41, 5.74) is 0.687. The summed E-state index contributed by atoms with van der Waals surface area (Å²) in [4.78, 5) is 11.7. The zero-order valence-electron chi connectivity index (χ0n) is 9.09. The van der Waals surface area contributed by atoms with Gasteiger partial charge in [-0.3, -0.25) is 4.79 Å². The number of carbonyl (C=O) groups is 1. The average molecular weight is 226 g/mol. The van der Waals surface area contributed by atoms with Crippen LogP contribution in [0, 0.1) is 5.92 Å². The highest BCUT2D eigenvalue weighted by Gasteiger charge is 2.12. The van der Waals surface area contributed by atoms with Crippen molar-refractivity contribution in [1.29, 1.82) is 0 Å². The highest BCUT2D eigenvalue weighted by molar-refractivity contribution is 6.33. The fraction of sp³-hybridized carbons (Fsp3) is 0.417. The molecule has 1 atom stereocenters. The quantitative estimate of drug-likeness (QED) is 0.832. The Morgan fingerprint density at radius 3 is 2.73 bits per heavy atom. The first-order valence-electron chi connectivity index (χ1n) is 5.20. The summed E-state index contributed by atoms with van der Waals surface area (Å²) >= 11 is 5.94. The fourth-order valence-electron chi connectivity index (χ4n) is 1.38. The van der Waals surface area contributed by atoms with E-state index in [0.29, 0.717) is 10.7 Å². The molecule has 2 nitrogen and oxygen atoms in total. The molecule has 3 heteroatoms. The summed E-state index contributed by atoms with van der Waals surface area (Å²) in [6, 6.07) is 7.26. The summed E-state index contributed by atoms with van der Waals surface area (Å²) in [7, 11) is 0. The maximum Gasteiger partial charge on any atom is 0.227 e. The van der Waals surface area contributed by atoms with Crippen LogP contribution in [0.1, 0.15) is 26.7 Å². The second kappa shape index (κ2) is 5.76. The molecule has 0 aromatic heterocycles. The van der Waals surface area contributed by atoms with Crippen molar-refractivity contribution >= 4 is 23.2 Å². The van der Waals surface area contributed by atoms with Gasteiger partial charge in [0.25, 0.3) is 0 Å². The van der Waals surface area contributed by atoms with Crippen LogP contribution in [0.3, 0.4) is 0 Å². The number of nitrogens with one attached hydrogen (secondary N) is 1. The number of halogens is 1. The highest BCUT2D eigenvalue weighted by atomic mass is 35.5. The van der Waals surface area contributed by atoms with Gasteiger partial charge in [-0.15, -0.1) is 0 Å². The topological polar surface area (TPSA) is 29.1 Å². The van der Waals surface area contributed by atoms with Gasteiger partial charge in [0.1, 0.15) is 0 Å². The third-order valence-corrected chi connectivity index (χ3v) is 2.63. The molecular weight excluding hydrogens is 210 g/mol. The molecule has 15 heavy (non-hydrogen) atoms. The lowest BCUT2D eigenvalue weighted by Crippen LogP contribution is -2.20. The van der Waals surface area contributed by atoms with Crippen molar-refractivity contribution in [2.45, 2.75) is 26.7 Å². The Labute approximate surface area is 95.6 Å². The van der Waals surface area contributed by atoms with Crippen molar-refractivity contribution in [1.82, 2.24) is 0 Å². The van der Waals surface area contributed by atoms with E-state index in [1.54, 1.807) is 12.1 Å². The standard InChI is InChI=1S/C12H16ClNO/c1-3-6-9(2)12(15)14-11-8-5-4-7-10(11)13/h4-5,7-9H,3,6H2,1-2H3,(H,14,15)/t9-/m1/s1. The van der Waals surface area contributed by atoms with Gasteiger partial charge in [-0.05, 0) is 18.6 Å². The van der Waals surface area contributed by atoms with E-state index in [-0.39, 0.29) is 11.8 Å². The minimum absolute atomic E-state index is 0.0324. The van der Waals surface area contributed by atoms with E-state index in [0.717, 1.165) is 12.8 Å². The Balaban J connectivity index is 2.62. The molecule has 0 saturated heterocycles. The van der Waals surface area contributed by atoms with Gasteiger partial charge in [-0.2, -0.15) is 0 Å². The van der Waals surface area contributed by atoms with Crippen LogP contribution in [0.15, 0.2) is 24.3 Å². The third kappa shape index (κ3) is 3.56. The van der Waals surface area contributed by atoms with Gasteiger partial charge in [0.2, 0.25) is 5.91 Å². The molecule has 0 bridgehead atoms. The van der Waals surface area contributed by atoms with Crippen molar-refractivity contribution in [3.63, 3.8) is 0 Å². The zero-order chi connectivity index (χ0) is 11.3. The Morgan fingerprint density at radius 2 is 2.13 bits per heavy atom. The van der Waals surface area contributed by atoms with E-state index in [9.17, 15) is 4.79 Å². The number of carbonyl (C=O) groups excluding carboxylic acids is 1. The van der Waals surface area contributed by atoms with E-state index < -0.39 is 0 Å². The fourth-order valence-corrected chi connectivity index (χ4v) is 1.57. The minimum Gasteiger partial charge on any atom is -0.325 e. The number of anilines is 1. The molecule has 0 unspecified atom stereocenters. The van der Waals surface area contributed by atoms with Crippen LogP contribution in [0.4, 0.5) is 5.69 Å². The number of hydrogen-bond donors (Lipinski definition) is 1. The molecule has 0 aliphatic carbocycles. The van der Waals surface area contributed by atoms with Crippen LogP contribution >= 0.6 is 11.6 Å². The second-order valence-electron chi connectivity index (χ2n) is 3.66. The Hall–Kier alpha value is -1.02. The lowest BCUT2D eigenvalue weighted by molar-refractivity contribution is -0.119. The van der Waals surface area contributed by atoms with Crippen molar-refractivity contribution < 1.29 is 4.79 Å². The van der Waals surface area contributed by atoms with Crippen LogP contribution in [0.5, 0.6) is 0 Å². The maximum absolute atomic E-state index is 11.7. The number of amides is 1. The molecule has 0 saturated carbocycles. The predicted octanol–water partition coefficient (Wildman–Crippen LogP) is 3.71. The van der Waals surface area contributed by atoms with Gasteiger partial charge in [0.15, 0.2) is 0 Å². The SMILES string of the molecule is CCC[C@@H](C)C(=O)Nc1ccccc1Cl. The second-order valence-corrected chi connectivity index (χ2v) is 4.07. The van der Waals surface area contributed by atoms with E-state index in [2.05, 4.69) is 12.2 Å². The van der Waals surface area contributed by atoms with E-state index in [1.807, 2.05) is 19.1 Å². The first-order valence-corrected chi connectivity index (χ1v) is 5.58. The smallest absolute Gasteiger partial charge is 0.227 e. The molecule has 0 heterocycles. The average Bonchev–Trinajstić information content (AvgIpc) is 2.21. The van der Waals surface area contributed by atoms with Crippen LogP contribution < -0.4 is 5.32 Å². The first-order chi connectivity index (χ1) is 7.15. The van der Waals surface area contributed by atoms with Gasteiger partial charge in [-0.25, -0.2) is 0 Å². The monoisotopic (exact) mass is 225 g/mol. The molecule has 0 radical (unpaired) electrons. The van der Waals surface area contributed by atoms with Gasteiger partial charge in [-0.1, -0.05) is 44.0 Å². The molecular formula is C12H16ClNO. The molecule has 1 rings (SSSR count). The summed E-state index contributed by atoms with van der Waals surface area (Å²) in [5, 5.41) is 3.40. The van der Waals surface area contributed by atoms with Crippen LogP contribution in [-0.2, 0) is 4.79 Å².